The van der Waals surface area contributed by atoms with Crippen LogP contribution in [0.2, 0.25) is 0 Å². The van der Waals surface area contributed by atoms with Crippen LogP contribution in [0, 0.1) is 13.8 Å². The van der Waals surface area contributed by atoms with Crippen LogP contribution >= 0.6 is 0 Å². The lowest BCUT2D eigenvalue weighted by Gasteiger charge is -2.19. The molecule has 0 saturated heterocycles. The number of hydrogen-bond acceptors (Lipinski definition) is 5. The minimum Gasteiger partial charge on any atom is -0.444 e. The maximum absolute atomic E-state index is 11.6. The van der Waals surface area contributed by atoms with Gasteiger partial charge in [-0.05, 0) is 64.8 Å². The summed E-state index contributed by atoms with van der Waals surface area (Å²) >= 11 is 0. The number of nitrogens with zero attached hydrogens (tertiary/aromatic N) is 1. The Morgan fingerprint density at radius 1 is 1.19 bits per heavy atom. The highest BCUT2D eigenvalue weighted by Gasteiger charge is 2.15. The van der Waals surface area contributed by atoms with Gasteiger partial charge in [0.1, 0.15) is 5.60 Å². The van der Waals surface area contributed by atoms with Crippen molar-refractivity contribution in [1.29, 1.82) is 0 Å². The predicted octanol–water partition coefficient (Wildman–Crippen LogP) is 4.09. The quantitative estimate of drug-likeness (QED) is 0.751. The first-order valence-electron chi connectivity index (χ1n) is 8.70. The van der Waals surface area contributed by atoms with E-state index in [1.165, 1.54) is 0 Å². The molecule has 1 aromatic carbocycles. The van der Waals surface area contributed by atoms with Crippen LogP contribution in [0.25, 0.3) is 0 Å². The van der Waals surface area contributed by atoms with Crippen molar-refractivity contribution in [1.82, 2.24) is 10.3 Å². The molecule has 0 bridgehead atoms. The SMILES string of the molecule is Cc1cc(Nc2ccc(CCNC(=O)OC(C)(C)C)cc2)c(N)c(C)n1. The molecule has 2 rings (SSSR count). The lowest BCUT2D eigenvalue weighted by Crippen LogP contribution is -2.33. The van der Waals surface area contributed by atoms with Gasteiger partial charge in [-0.1, -0.05) is 12.1 Å². The summed E-state index contributed by atoms with van der Waals surface area (Å²) < 4.78 is 5.21. The molecule has 1 amide bonds. The molecular weight excluding hydrogens is 328 g/mol. The van der Waals surface area contributed by atoms with Crippen LogP contribution in [0.4, 0.5) is 21.9 Å². The molecular formula is C20H28N4O2. The van der Waals surface area contributed by atoms with Crippen molar-refractivity contribution in [2.75, 3.05) is 17.6 Å². The molecule has 2 aromatic rings. The van der Waals surface area contributed by atoms with Crippen molar-refractivity contribution in [3.63, 3.8) is 0 Å². The topological polar surface area (TPSA) is 89.3 Å². The monoisotopic (exact) mass is 356 g/mol. The van der Waals surface area contributed by atoms with Crippen LogP contribution in [-0.4, -0.2) is 23.2 Å². The van der Waals surface area contributed by atoms with E-state index in [4.69, 9.17) is 10.5 Å². The second kappa shape index (κ2) is 8.08. The predicted molar refractivity (Wildman–Crippen MR) is 106 cm³/mol. The number of hydrogen-bond donors (Lipinski definition) is 3. The highest BCUT2D eigenvalue weighted by Crippen LogP contribution is 2.26. The minimum atomic E-state index is -0.483. The average Bonchev–Trinajstić information content (AvgIpc) is 2.52. The van der Waals surface area contributed by atoms with Crippen LogP contribution in [-0.2, 0) is 11.2 Å². The Balaban J connectivity index is 1.90. The number of alkyl carbamates (subject to hydrolysis) is 1. The fourth-order valence-electron chi connectivity index (χ4n) is 2.48. The summed E-state index contributed by atoms with van der Waals surface area (Å²) in [7, 11) is 0. The summed E-state index contributed by atoms with van der Waals surface area (Å²) in [4.78, 5) is 16.0. The number of ether oxygens (including phenoxy) is 1. The Labute approximate surface area is 155 Å². The van der Waals surface area contributed by atoms with E-state index in [-0.39, 0.29) is 0 Å². The van der Waals surface area contributed by atoms with E-state index in [1.807, 2.05) is 65.0 Å². The number of aromatic nitrogens is 1. The molecule has 0 aliphatic heterocycles. The molecule has 0 fully saturated rings. The second-order valence-corrected chi connectivity index (χ2v) is 7.31. The molecule has 1 aromatic heterocycles. The van der Waals surface area contributed by atoms with Gasteiger partial charge in [0, 0.05) is 17.9 Å². The van der Waals surface area contributed by atoms with E-state index >= 15 is 0 Å². The Bertz CT molecular complexity index is 765. The molecule has 4 N–H and O–H groups in total. The average molecular weight is 356 g/mol. The van der Waals surface area contributed by atoms with Gasteiger partial charge < -0.3 is 21.1 Å². The van der Waals surface area contributed by atoms with Crippen molar-refractivity contribution in [2.24, 2.45) is 0 Å². The third-order valence-electron chi connectivity index (χ3n) is 3.69. The van der Waals surface area contributed by atoms with Crippen LogP contribution in [0.15, 0.2) is 30.3 Å². The molecule has 26 heavy (non-hydrogen) atoms. The van der Waals surface area contributed by atoms with Gasteiger partial charge in [0.15, 0.2) is 0 Å². The first-order valence-corrected chi connectivity index (χ1v) is 8.70. The van der Waals surface area contributed by atoms with Crippen molar-refractivity contribution in [3.05, 3.63) is 47.3 Å². The lowest BCUT2D eigenvalue weighted by atomic mass is 10.1. The van der Waals surface area contributed by atoms with Gasteiger partial charge in [0.05, 0.1) is 17.1 Å². The molecule has 0 aliphatic carbocycles. The van der Waals surface area contributed by atoms with E-state index in [0.29, 0.717) is 12.2 Å². The maximum Gasteiger partial charge on any atom is 0.407 e. The first kappa shape index (κ1) is 19.6. The maximum atomic E-state index is 11.6. The van der Waals surface area contributed by atoms with Gasteiger partial charge in [-0.3, -0.25) is 4.98 Å². The number of benzene rings is 1. The zero-order valence-electron chi connectivity index (χ0n) is 16.1. The molecule has 0 unspecified atom stereocenters. The van der Waals surface area contributed by atoms with Crippen molar-refractivity contribution in [2.45, 2.75) is 46.6 Å². The molecule has 1 heterocycles. The van der Waals surface area contributed by atoms with Gasteiger partial charge in [0.25, 0.3) is 0 Å². The molecule has 0 saturated carbocycles. The third kappa shape index (κ3) is 5.95. The number of amides is 1. The number of carbonyl (C=O) groups is 1. The van der Waals surface area contributed by atoms with Gasteiger partial charge in [-0.25, -0.2) is 4.79 Å². The van der Waals surface area contributed by atoms with Crippen LogP contribution in [0.1, 0.15) is 37.7 Å². The fraction of sp³-hybridized carbons (Fsp3) is 0.400. The fourth-order valence-corrected chi connectivity index (χ4v) is 2.48. The number of anilines is 3. The van der Waals surface area contributed by atoms with E-state index in [9.17, 15) is 4.79 Å². The third-order valence-corrected chi connectivity index (χ3v) is 3.69. The lowest BCUT2D eigenvalue weighted by molar-refractivity contribution is 0.0528. The van der Waals surface area contributed by atoms with Gasteiger partial charge in [-0.2, -0.15) is 0 Å². The highest BCUT2D eigenvalue weighted by molar-refractivity contribution is 5.74. The smallest absolute Gasteiger partial charge is 0.407 e. The number of nitrogens with one attached hydrogen (secondary N) is 2. The summed E-state index contributed by atoms with van der Waals surface area (Å²) in [6.07, 6.45) is 0.337. The molecule has 6 heteroatoms. The van der Waals surface area contributed by atoms with Gasteiger partial charge in [0.2, 0.25) is 0 Å². The van der Waals surface area contributed by atoms with Crippen molar-refractivity contribution >= 4 is 23.2 Å². The number of pyridine rings is 1. The zero-order valence-corrected chi connectivity index (χ0v) is 16.1. The Morgan fingerprint density at radius 2 is 1.85 bits per heavy atom. The standard InChI is InChI=1S/C20H28N4O2/c1-13-12-17(18(21)14(2)23-13)24-16-8-6-15(7-9-16)10-11-22-19(25)26-20(3,4)5/h6-9,12H,10-11,21H2,1-5H3,(H,22,25)(H,23,24). The molecule has 140 valence electrons. The molecule has 0 aliphatic rings. The van der Waals surface area contributed by atoms with E-state index < -0.39 is 11.7 Å². The number of rotatable bonds is 5. The number of nitrogens with two attached hydrogens (primary N) is 1. The summed E-state index contributed by atoms with van der Waals surface area (Å²) in [6, 6.07) is 9.97. The molecule has 0 radical (unpaired) electrons. The van der Waals surface area contributed by atoms with Crippen LogP contribution in [0.5, 0.6) is 0 Å². The van der Waals surface area contributed by atoms with E-state index in [1.54, 1.807) is 0 Å². The van der Waals surface area contributed by atoms with Gasteiger partial charge >= 0.3 is 6.09 Å². The zero-order chi connectivity index (χ0) is 19.3. The van der Waals surface area contributed by atoms with Crippen LogP contribution < -0.4 is 16.4 Å². The first-order chi connectivity index (χ1) is 12.1. The molecule has 0 spiro atoms. The summed E-state index contributed by atoms with van der Waals surface area (Å²) in [5.74, 6) is 0. The van der Waals surface area contributed by atoms with Gasteiger partial charge in [-0.15, -0.1) is 0 Å². The number of carbonyl (C=O) groups excluding carboxylic acids is 1. The summed E-state index contributed by atoms with van der Waals surface area (Å²) in [5, 5.41) is 6.09. The van der Waals surface area contributed by atoms with Crippen molar-refractivity contribution < 1.29 is 9.53 Å². The summed E-state index contributed by atoms with van der Waals surface area (Å²) in [5.41, 5.74) is 10.9. The largest absolute Gasteiger partial charge is 0.444 e. The highest BCUT2D eigenvalue weighted by atomic mass is 16.6. The second-order valence-electron chi connectivity index (χ2n) is 7.31. The Kier molecular flexibility index (Phi) is 6.08. The molecule has 0 atom stereocenters. The molecule has 6 nitrogen and oxygen atoms in total. The van der Waals surface area contributed by atoms with E-state index in [0.717, 1.165) is 34.7 Å². The van der Waals surface area contributed by atoms with Crippen LogP contribution in [0.3, 0.4) is 0 Å². The number of nitrogen functional groups attached to an aromatic ring is 1. The Hall–Kier alpha value is -2.76. The number of aryl methyl sites for hydroxylation is 2. The Morgan fingerprint density at radius 3 is 2.46 bits per heavy atom. The van der Waals surface area contributed by atoms with Crippen molar-refractivity contribution in [3.8, 4) is 0 Å². The van der Waals surface area contributed by atoms with E-state index in [2.05, 4.69) is 15.6 Å². The normalized spacial score (nSPS) is 11.1. The summed E-state index contributed by atoms with van der Waals surface area (Å²) in [6.45, 7) is 9.90. The minimum absolute atomic E-state index is 0.394.